The first-order valence-electron chi connectivity index (χ1n) is 5.89. The summed E-state index contributed by atoms with van der Waals surface area (Å²) in [4.78, 5) is 3.52. The first kappa shape index (κ1) is 15.5. The van der Waals surface area contributed by atoms with Crippen molar-refractivity contribution < 1.29 is 21.6 Å². The summed E-state index contributed by atoms with van der Waals surface area (Å²) in [6.07, 6.45) is -3.04. The number of nitrogens with zero attached hydrogens (tertiary/aromatic N) is 2. The predicted molar refractivity (Wildman–Crippen MR) is 66.8 cm³/mol. The van der Waals surface area contributed by atoms with Gasteiger partial charge in [-0.25, -0.2) is 13.4 Å². The Morgan fingerprint density at radius 3 is 2.70 bits per heavy atom. The van der Waals surface area contributed by atoms with Crippen molar-refractivity contribution in [2.75, 3.05) is 13.1 Å². The molecule has 2 heterocycles. The standard InChI is InChI=1S/C11H12ClF3N2O2S/c12-10-6-9(3-4-16-10)20(18,19)17-5-1-2-8(7-17)11(13,14)15/h3-4,6,8H,1-2,5,7H2. The molecule has 1 saturated heterocycles. The molecule has 0 radical (unpaired) electrons. The van der Waals surface area contributed by atoms with Crippen LogP contribution >= 0.6 is 11.6 Å². The van der Waals surface area contributed by atoms with E-state index in [9.17, 15) is 21.6 Å². The highest BCUT2D eigenvalue weighted by molar-refractivity contribution is 7.89. The molecule has 1 aromatic rings. The highest BCUT2D eigenvalue weighted by Crippen LogP contribution is 2.35. The Hall–Kier alpha value is -0.860. The SMILES string of the molecule is O=S(=O)(c1ccnc(Cl)c1)N1CCCC(C(F)(F)F)C1. The minimum atomic E-state index is -4.38. The molecule has 1 fully saturated rings. The molecular weight excluding hydrogens is 317 g/mol. The second-order valence-corrected chi connectivity index (χ2v) is 6.88. The summed E-state index contributed by atoms with van der Waals surface area (Å²) in [7, 11) is -3.97. The first-order valence-corrected chi connectivity index (χ1v) is 7.71. The van der Waals surface area contributed by atoms with Gasteiger partial charge in [0.25, 0.3) is 0 Å². The average molecular weight is 329 g/mol. The number of piperidine rings is 1. The van der Waals surface area contributed by atoms with E-state index in [-0.39, 0.29) is 29.4 Å². The normalized spacial score (nSPS) is 21.9. The topological polar surface area (TPSA) is 50.3 Å². The maximum absolute atomic E-state index is 12.7. The van der Waals surface area contributed by atoms with Crippen LogP contribution in [0.25, 0.3) is 0 Å². The molecule has 1 atom stereocenters. The Bertz CT molecular complexity index is 592. The van der Waals surface area contributed by atoms with Crippen molar-refractivity contribution in [2.45, 2.75) is 23.9 Å². The molecule has 2 rings (SSSR count). The summed E-state index contributed by atoms with van der Waals surface area (Å²) in [5.41, 5.74) is 0. The fraction of sp³-hybridized carbons (Fsp3) is 0.545. The summed E-state index contributed by atoms with van der Waals surface area (Å²) < 4.78 is 63.6. The van der Waals surface area contributed by atoms with Crippen LogP contribution in [0.5, 0.6) is 0 Å². The molecule has 1 unspecified atom stereocenters. The molecule has 0 N–H and O–H groups in total. The second kappa shape index (κ2) is 5.50. The molecule has 0 aliphatic carbocycles. The highest BCUT2D eigenvalue weighted by atomic mass is 35.5. The number of hydrogen-bond acceptors (Lipinski definition) is 3. The summed E-state index contributed by atoms with van der Waals surface area (Å²) in [5, 5.41) is -0.0181. The lowest BCUT2D eigenvalue weighted by Crippen LogP contribution is -2.44. The van der Waals surface area contributed by atoms with Crippen LogP contribution < -0.4 is 0 Å². The molecule has 1 aliphatic rings. The molecule has 0 amide bonds. The second-order valence-electron chi connectivity index (χ2n) is 4.56. The molecule has 1 aliphatic heterocycles. The Morgan fingerprint density at radius 2 is 2.10 bits per heavy atom. The van der Waals surface area contributed by atoms with Crippen molar-refractivity contribution in [1.82, 2.24) is 9.29 Å². The van der Waals surface area contributed by atoms with Crippen molar-refractivity contribution in [1.29, 1.82) is 0 Å². The number of alkyl halides is 3. The van der Waals surface area contributed by atoms with E-state index in [2.05, 4.69) is 4.98 Å². The summed E-state index contributed by atoms with van der Waals surface area (Å²) in [6.45, 7) is -0.472. The Balaban J connectivity index is 2.26. The van der Waals surface area contributed by atoms with Crippen LogP contribution in [0.1, 0.15) is 12.8 Å². The number of pyridine rings is 1. The number of sulfonamides is 1. The van der Waals surface area contributed by atoms with E-state index < -0.39 is 28.7 Å². The minimum absolute atomic E-state index is 0.0181. The van der Waals surface area contributed by atoms with Crippen molar-refractivity contribution in [3.05, 3.63) is 23.5 Å². The van der Waals surface area contributed by atoms with E-state index in [0.29, 0.717) is 0 Å². The van der Waals surface area contributed by atoms with Gasteiger partial charge in [-0.2, -0.15) is 17.5 Å². The van der Waals surface area contributed by atoms with Crippen LogP contribution in [0.2, 0.25) is 5.15 Å². The molecule has 0 spiro atoms. The maximum atomic E-state index is 12.7. The zero-order valence-electron chi connectivity index (χ0n) is 10.3. The Morgan fingerprint density at radius 1 is 1.40 bits per heavy atom. The third-order valence-corrected chi connectivity index (χ3v) is 5.25. The largest absolute Gasteiger partial charge is 0.393 e. The zero-order chi connectivity index (χ0) is 15.0. The van der Waals surface area contributed by atoms with Gasteiger partial charge in [-0.3, -0.25) is 0 Å². The third-order valence-electron chi connectivity index (χ3n) is 3.18. The van der Waals surface area contributed by atoms with Gasteiger partial charge in [0.15, 0.2) is 0 Å². The molecule has 4 nitrogen and oxygen atoms in total. The van der Waals surface area contributed by atoms with Gasteiger partial charge in [-0.15, -0.1) is 0 Å². The van der Waals surface area contributed by atoms with Crippen molar-refractivity contribution in [3.63, 3.8) is 0 Å². The van der Waals surface area contributed by atoms with Crippen LogP contribution in [-0.4, -0.2) is 37.0 Å². The Labute approximate surface area is 119 Å². The lowest BCUT2D eigenvalue weighted by atomic mass is 9.99. The van der Waals surface area contributed by atoms with Gasteiger partial charge in [0.2, 0.25) is 10.0 Å². The molecule has 0 saturated carbocycles. The molecule has 0 aromatic carbocycles. The van der Waals surface area contributed by atoms with Crippen LogP contribution in [0.15, 0.2) is 23.2 Å². The summed E-state index contributed by atoms with van der Waals surface area (Å²) in [6, 6.07) is 2.35. The van der Waals surface area contributed by atoms with E-state index in [0.717, 1.165) is 10.4 Å². The van der Waals surface area contributed by atoms with Gasteiger partial charge >= 0.3 is 6.18 Å². The van der Waals surface area contributed by atoms with Gasteiger partial charge in [0.05, 0.1) is 10.8 Å². The van der Waals surface area contributed by atoms with Gasteiger partial charge in [0, 0.05) is 19.3 Å². The van der Waals surface area contributed by atoms with Crippen molar-refractivity contribution in [2.24, 2.45) is 5.92 Å². The minimum Gasteiger partial charge on any atom is -0.244 e. The van der Waals surface area contributed by atoms with Crippen LogP contribution in [-0.2, 0) is 10.0 Å². The van der Waals surface area contributed by atoms with Crippen molar-refractivity contribution >= 4 is 21.6 Å². The van der Waals surface area contributed by atoms with E-state index in [1.54, 1.807) is 0 Å². The van der Waals surface area contributed by atoms with E-state index in [1.807, 2.05) is 0 Å². The zero-order valence-corrected chi connectivity index (χ0v) is 11.8. The number of halogens is 4. The van der Waals surface area contributed by atoms with E-state index in [1.165, 1.54) is 12.3 Å². The van der Waals surface area contributed by atoms with Gasteiger partial charge < -0.3 is 0 Å². The smallest absolute Gasteiger partial charge is 0.244 e. The molecule has 1 aromatic heterocycles. The van der Waals surface area contributed by atoms with E-state index >= 15 is 0 Å². The maximum Gasteiger partial charge on any atom is 0.393 e. The molecule has 9 heteroatoms. The lowest BCUT2D eigenvalue weighted by Gasteiger charge is -2.32. The number of rotatable bonds is 2. The molecule has 20 heavy (non-hydrogen) atoms. The van der Waals surface area contributed by atoms with E-state index in [4.69, 9.17) is 11.6 Å². The number of hydrogen-bond donors (Lipinski definition) is 0. The first-order chi connectivity index (χ1) is 9.21. The van der Waals surface area contributed by atoms with Gasteiger partial charge in [0.1, 0.15) is 5.15 Å². The molecular formula is C11H12ClF3N2O2S. The van der Waals surface area contributed by atoms with Gasteiger partial charge in [-0.05, 0) is 25.0 Å². The summed E-state index contributed by atoms with van der Waals surface area (Å²) in [5.74, 6) is -1.62. The van der Waals surface area contributed by atoms with Crippen LogP contribution in [0.3, 0.4) is 0 Å². The highest BCUT2D eigenvalue weighted by Gasteiger charge is 2.44. The lowest BCUT2D eigenvalue weighted by molar-refractivity contribution is -0.182. The quantitative estimate of drug-likeness (QED) is 0.784. The summed E-state index contributed by atoms with van der Waals surface area (Å²) >= 11 is 5.62. The average Bonchev–Trinajstić information content (AvgIpc) is 2.38. The van der Waals surface area contributed by atoms with Gasteiger partial charge in [-0.1, -0.05) is 11.6 Å². The van der Waals surface area contributed by atoms with Crippen LogP contribution in [0, 0.1) is 5.92 Å². The fourth-order valence-corrected chi connectivity index (χ4v) is 3.90. The van der Waals surface area contributed by atoms with Crippen LogP contribution in [0.4, 0.5) is 13.2 Å². The number of aromatic nitrogens is 1. The molecule has 0 bridgehead atoms. The monoisotopic (exact) mass is 328 g/mol. The fourth-order valence-electron chi connectivity index (χ4n) is 2.12. The third kappa shape index (κ3) is 3.24. The van der Waals surface area contributed by atoms with Crippen molar-refractivity contribution in [3.8, 4) is 0 Å². The molecule has 112 valence electrons. The predicted octanol–water partition coefficient (Wildman–Crippen LogP) is 2.70. The Kier molecular flexibility index (Phi) is 4.27.